The quantitative estimate of drug-likeness (QED) is 0.593. The lowest BCUT2D eigenvalue weighted by Crippen LogP contribution is -2.41. The standard InChI is InChI=1S/C21H27N3O2S/c1-4-22-21(24-14-18-12-17-7-5-6-8-19(17)18)23-13-16-9-10-20(15(2)11-16)27(3,25)26/h5-11,18H,4,12-14H2,1-3H3,(H2,22,23,24). The molecule has 3 rings (SSSR count). The van der Waals surface area contributed by atoms with Gasteiger partial charge >= 0.3 is 0 Å². The third-order valence-corrected chi connectivity index (χ3v) is 6.14. The Balaban J connectivity index is 1.63. The highest BCUT2D eigenvalue weighted by atomic mass is 32.2. The van der Waals surface area contributed by atoms with Gasteiger partial charge < -0.3 is 10.6 Å². The van der Waals surface area contributed by atoms with E-state index in [2.05, 4.69) is 39.9 Å². The van der Waals surface area contributed by atoms with E-state index in [1.165, 1.54) is 17.4 Å². The van der Waals surface area contributed by atoms with E-state index >= 15 is 0 Å². The molecule has 5 nitrogen and oxygen atoms in total. The van der Waals surface area contributed by atoms with E-state index < -0.39 is 9.84 Å². The predicted molar refractivity (Wildman–Crippen MR) is 110 cm³/mol. The minimum atomic E-state index is -3.19. The van der Waals surface area contributed by atoms with E-state index in [-0.39, 0.29) is 0 Å². The number of rotatable bonds is 6. The fourth-order valence-corrected chi connectivity index (χ4v) is 4.46. The van der Waals surface area contributed by atoms with Crippen molar-refractivity contribution >= 4 is 15.8 Å². The first-order valence-corrected chi connectivity index (χ1v) is 11.2. The van der Waals surface area contributed by atoms with Gasteiger partial charge in [0.05, 0.1) is 11.4 Å². The molecule has 0 radical (unpaired) electrons. The molecule has 2 aromatic carbocycles. The molecule has 2 aromatic rings. The second-order valence-corrected chi connectivity index (χ2v) is 9.03. The summed E-state index contributed by atoms with van der Waals surface area (Å²) in [6.45, 7) is 6.01. The Bertz CT molecular complexity index is 952. The summed E-state index contributed by atoms with van der Waals surface area (Å²) in [5, 5.41) is 6.70. The highest BCUT2D eigenvalue weighted by Gasteiger charge is 2.25. The SMILES string of the molecule is CCNC(=NCc1ccc(S(C)(=O)=O)c(C)c1)NCC1Cc2ccccc21. The van der Waals surface area contributed by atoms with Crippen molar-refractivity contribution in [2.45, 2.75) is 37.6 Å². The maximum atomic E-state index is 11.7. The zero-order valence-electron chi connectivity index (χ0n) is 16.1. The second kappa shape index (κ2) is 8.13. The van der Waals surface area contributed by atoms with E-state index in [0.717, 1.165) is 36.6 Å². The largest absolute Gasteiger partial charge is 0.357 e. The number of guanidine groups is 1. The molecular formula is C21H27N3O2S. The zero-order valence-corrected chi connectivity index (χ0v) is 16.9. The summed E-state index contributed by atoms with van der Waals surface area (Å²) >= 11 is 0. The lowest BCUT2D eigenvalue weighted by molar-refractivity contribution is 0.584. The Morgan fingerprint density at radius 1 is 1.19 bits per heavy atom. The van der Waals surface area contributed by atoms with Gasteiger partial charge in [0.1, 0.15) is 0 Å². The van der Waals surface area contributed by atoms with Crippen LogP contribution in [0, 0.1) is 6.92 Å². The molecule has 0 spiro atoms. The number of hydrogen-bond donors (Lipinski definition) is 2. The van der Waals surface area contributed by atoms with Crippen LogP contribution in [-0.2, 0) is 22.8 Å². The number of aliphatic imine (C=N–C) groups is 1. The van der Waals surface area contributed by atoms with Crippen LogP contribution in [0.4, 0.5) is 0 Å². The molecule has 0 bridgehead atoms. The number of benzene rings is 2. The molecule has 0 heterocycles. The van der Waals surface area contributed by atoms with Gasteiger partial charge in [0.15, 0.2) is 15.8 Å². The summed E-state index contributed by atoms with van der Waals surface area (Å²) in [6, 6.07) is 14.0. The summed E-state index contributed by atoms with van der Waals surface area (Å²) < 4.78 is 23.5. The highest BCUT2D eigenvalue weighted by molar-refractivity contribution is 7.90. The van der Waals surface area contributed by atoms with Crippen LogP contribution >= 0.6 is 0 Å². The van der Waals surface area contributed by atoms with E-state index in [0.29, 0.717) is 17.4 Å². The number of nitrogens with zero attached hydrogens (tertiary/aromatic N) is 1. The summed E-state index contributed by atoms with van der Waals surface area (Å²) in [7, 11) is -3.19. The second-order valence-electron chi connectivity index (χ2n) is 7.05. The molecule has 0 saturated heterocycles. The van der Waals surface area contributed by atoms with Crippen molar-refractivity contribution in [3.05, 3.63) is 64.7 Å². The smallest absolute Gasteiger partial charge is 0.191 e. The van der Waals surface area contributed by atoms with E-state index in [1.807, 2.05) is 26.0 Å². The van der Waals surface area contributed by atoms with Crippen molar-refractivity contribution in [3.63, 3.8) is 0 Å². The maximum Gasteiger partial charge on any atom is 0.191 e. The van der Waals surface area contributed by atoms with Crippen LogP contribution in [0.15, 0.2) is 52.4 Å². The highest BCUT2D eigenvalue weighted by Crippen LogP contribution is 2.33. The van der Waals surface area contributed by atoms with Gasteiger partial charge in [-0.05, 0) is 48.6 Å². The number of hydrogen-bond acceptors (Lipinski definition) is 3. The van der Waals surface area contributed by atoms with Crippen LogP contribution in [0.3, 0.4) is 0 Å². The Morgan fingerprint density at radius 3 is 2.63 bits per heavy atom. The van der Waals surface area contributed by atoms with Crippen molar-refractivity contribution in [2.75, 3.05) is 19.3 Å². The summed E-state index contributed by atoms with van der Waals surface area (Å²) in [4.78, 5) is 5.03. The van der Waals surface area contributed by atoms with E-state index in [4.69, 9.17) is 0 Å². The minimum absolute atomic E-state index is 0.379. The molecule has 0 amide bonds. The summed E-state index contributed by atoms with van der Waals surface area (Å²) in [5.41, 5.74) is 4.61. The van der Waals surface area contributed by atoms with Gasteiger partial charge in [-0.2, -0.15) is 0 Å². The normalized spacial score (nSPS) is 16.4. The molecule has 0 aliphatic heterocycles. The van der Waals surface area contributed by atoms with Crippen LogP contribution in [0.5, 0.6) is 0 Å². The molecule has 2 N–H and O–H groups in total. The van der Waals surface area contributed by atoms with E-state index in [1.54, 1.807) is 6.07 Å². The molecule has 1 unspecified atom stereocenters. The Labute approximate surface area is 161 Å². The third kappa shape index (κ3) is 4.69. The predicted octanol–water partition coefficient (Wildman–Crippen LogP) is 2.79. The Morgan fingerprint density at radius 2 is 1.96 bits per heavy atom. The molecule has 1 aliphatic carbocycles. The monoisotopic (exact) mass is 385 g/mol. The number of nitrogens with one attached hydrogen (secondary N) is 2. The number of fused-ring (bicyclic) bond motifs is 1. The van der Waals surface area contributed by atoms with Crippen LogP contribution in [0.2, 0.25) is 0 Å². The van der Waals surface area contributed by atoms with Gasteiger partial charge in [-0.25, -0.2) is 13.4 Å². The first-order valence-electron chi connectivity index (χ1n) is 9.28. The van der Waals surface area contributed by atoms with Gasteiger partial charge in [0.25, 0.3) is 0 Å². The average Bonchev–Trinajstić information content (AvgIpc) is 2.59. The molecular weight excluding hydrogens is 358 g/mol. The molecule has 6 heteroatoms. The molecule has 0 aromatic heterocycles. The Kier molecular flexibility index (Phi) is 5.85. The molecule has 144 valence electrons. The van der Waals surface area contributed by atoms with Gasteiger partial charge in [0, 0.05) is 25.3 Å². The van der Waals surface area contributed by atoms with Crippen LogP contribution in [-0.4, -0.2) is 33.7 Å². The van der Waals surface area contributed by atoms with Crippen molar-refractivity contribution in [2.24, 2.45) is 4.99 Å². The first kappa shape index (κ1) is 19.4. The lowest BCUT2D eigenvalue weighted by atomic mass is 9.78. The molecule has 0 saturated carbocycles. The van der Waals surface area contributed by atoms with Gasteiger partial charge in [-0.1, -0.05) is 36.4 Å². The third-order valence-electron chi connectivity index (χ3n) is 4.88. The molecule has 1 aliphatic rings. The van der Waals surface area contributed by atoms with Gasteiger partial charge in [-0.15, -0.1) is 0 Å². The van der Waals surface area contributed by atoms with Crippen molar-refractivity contribution in [1.82, 2.24) is 10.6 Å². The van der Waals surface area contributed by atoms with Crippen LogP contribution in [0.1, 0.15) is 35.1 Å². The summed E-state index contributed by atoms with van der Waals surface area (Å²) in [5.74, 6) is 1.31. The fraction of sp³-hybridized carbons (Fsp3) is 0.381. The van der Waals surface area contributed by atoms with E-state index in [9.17, 15) is 8.42 Å². The maximum absolute atomic E-state index is 11.7. The zero-order chi connectivity index (χ0) is 19.4. The number of aryl methyl sites for hydroxylation is 1. The molecule has 1 atom stereocenters. The summed E-state index contributed by atoms with van der Waals surface area (Å²) in [6.07, 6.45) is 2.34. The first-order chi connectivity index (χ1) is 12.9. The molecule has 0 fully saturated rings. The van der Waals surface area contributed by atoms with Crippen molar-refractivity contribution < 1.29 is 8.42 Å². The van der Waals surface area contributed by atoms with Crippen LogP contribution in [0.25, 0.3) is 0 Å². The molecule has 27 heavy (non-hydrogen) atoms. The fourth-order valence-electron chi connectivity index (χ4n) is 3.50. The van der Waals surface area contributed by atoms with Crippen LogP contribution < -0.4 is 10.6 Å². The van der Waals surface area contributed by atoms with Crippen molar-refractivity contribution in [1.29, 1.82) is 0 Å². The number of sulfone groups is 1. The van der Waals surface area contributed by atoms with Gasteiger partial charge in [0.2, 0.25) is 0 Å². The average molecular weight is 386 g/mol. The van der Waals surface area contributed by atoms with Gasteiger partial charge in [-0.3, -0.25) is 0 Å². The Hall–Kier alpha value is -2.34. The minimum Gasteiger partial charge on any atom is -0.357 e. The topological polar surface area (TPSA) is 70.6 Å². The van der Waals surface area contributed by atoms with Crippen molar-refractivity contribution in [3.8, 4) is 0 Å². The lowest BCUT2D eigenvalue weighted by Gasteiger charge is -2.30.